The number of nitrogens with zero attached hydrogens (tertiary/aromatic N) is 2. The number of nitrogens with two attached hydrogens (primary N) is 1. The smallest absolute Gasteiger partial charge is 0.191 e. The van der Waals surface area contributed by atoms with Crippen molar-refractivity contribution < 1.29 is 4.74 Å². The lowest BCUT2D eigenvalue weighted by Gasteiger charge is -2.27. The van der Waals surface area contributed by atoms with Crippen LogP contribution >= 0.6 is 11.8 Å². The summed E-state index contributed by atoms with van der Waals surface area (Å²) in [5.74, 6) is 2.98. The molecule has 0 radical (unpaired) electrons. The van der Waals surface area contributed by atoms with Gasteiger partial charge in [-0.25, -0.2) is 0 Å². The van der Waals surface area contributed by atoms with Gasteiger partial charge in [0, 0.05) is 31.2 Å². The predicted octanol–water partition coefficient (Wildman–Crippen LogP) is 0.386. The van der Waals surface area contributed by atoms with Crippen LogP contribution in [0.25, 0.3) is 0 Å². The van der Waals surface area contributed by atoms with Crippen molar-refractivity contribution in [3.05, 3.63) is 0 Å². The quantitative estimate of drug-likeness (QED) is 0.420. The van der Waals surface area contributed by atoms with Gasteiger partial charge in [-0.15, -0.1) is 0 Å². The molecule has 2 N–H and O–H groups in total. The van der Waals surface area contributed by atoms with E-state index in [1.165, 1.54) is 0 Å². The Balaban J connectivity index is 2.20. The molecule has 5 heteroatoms. The first-order valence-electron chi connectivity index (χ1n) is 5.05. The summed E-state index contributed by atoms with van der Waals surface area (Å²) in [6.07, 6.45) is 0. The van der Waals surface area contributed by atoms with Crippen molar-refractivity contribution in [3.63, 3.8) is 0 Å². The highest BCUT2D eigenvalue weighted by Gasteiger charge is 2.11. The maximum atomic E-state index is 5.84. The van der Waals surface area contributed by atoms with Crippen LogP contribution in [0.1, 0.15) is 6.92 Å². The number of thioether (sulfide) groups is 1. The molecule has 0 aromatic heterocycles. The van der Waals surface area contributed by atoms with Crippen molar-refractivity contribution in [3.8, 4) is 0 Å². The minimum Gasteiger partial charge on any atom is -0.380 e. The van der Waals surface area contributed by atoms with Crippen molar-refractivity contribution in [2.45, 2.75) is 6.92 Å². The van der Waals surface area contributed by atoms with Gasteiger partial charge < -0.3 is 15.4 Å². The topological polar surface area (TPSA) is 50.9 Å². The molecule has 1 fully saturated rings. The van der Waals surface area contributed by atoms with E-state index in [1.54, 1.807) is 0 Å². The molecule has 0 spiro atoms. The molecule has 0 saturated carbocycles. The molecule has 1 rings (SSSR count). The van der Waals surface area contributed by atoms with Crippen LogP contribution in [0, 0.1) is 0 Å². The van der Waals surface area contributed by atoms with Gasteiger partial charge in [0.25, 0.3) is 0 Å². The van der Waals surface area contributed by atoms with Crippen LogP contribution in [0.2, 0.25) is 0 Å². The summed E-state index contributed by atoms with van der Waals surface area (Å²) in [5, 5.41) is 0. The first kappa shape index (κ1) is 11.7. The summed E-state index contributed by atoms with van der Waals surface area (Å²) in [6, 6.07) is 0. The minimum atomic E-state index is 0.666. The average molecular weight is 217 g/mol. The fourth-order valence-corrected chi connectivity index (χ4v) is 2.16. The molecule has 0 amide bonds. The Bertz CT molecular complexity index is 181. The highest BCUT2D eigenvalue weighted by Crippen LogP contribution is 2.08. The van der Waals surface area contributed by atoms with Crippen LogP contribution in [-0.4, -0.2) is 55.2 Å². The molecule has 0 bridgehead atoms. The maximum Gasteiger partial charge on any atom is 0.191 e. The van der Waals surface area contributed by atoms with E-state index < -0.39 is 0 Å². The molecule has 14 heavy (non-hydrogen) atoms. The lowest BCUT2D eigenvalue weighted by Crippen LogP contribution is -2.42. The van der Waals surface area contributed by atoms with Gasteiger partial charge in [0.1, 0.15) is 0 Å². The van der Waals surface area contributed by atoms with E-state index in [0.717, 1.165) is 31.2 Å². The van der Waals surface area contributed by atoms with E-state index >= 15 is 0 Å². The predicted molar refractivity (Wildman–Crippen MR) is 61.9 cm³/mol. The molecule has 82 valence electrons. The molecule has 1 aliphatic heterocycles. The van der Waals surface area contributed by atoms with E-state index in [9.17, 15) is 0 Å². The van der Waals surface area contributed by atoms with E-state index in [4.69, 9.17) is 10.5 Å². The van der Waals surface area contributed by atoms with Crippen LogP contribution in [0.3, 0.4) is 0 Å². The molecular formula is C9H19N3OS. The van der Waals surface area contributed by atoms with Crippen molar-refractivity contribution in [1.29, 1.82) is 0 Å². The Morgan fingerprint density at radius 2 is 2.21 bits per heavy atom. The molecule has 1 heterocycles. The van der Waals surface area contributed by atoms with Gasteiger partial charge in [0.2, 0.25) is 0 Å². The largest absolute Gasteiger partial charge is 0.380 e. The lowest BCUT2D eigenvalue weighted by atomic mass is 10.5. The summed E-state index contributed by atoms with van der Waals surface area (Å²) < 4.78 is 5.19. The number of rotatable bonds is 4. The van der Waals surface area contributed by atoms with E-state index in [-0.39, 0.29) is 0 Å². The molecule has 0 atom stereocenters. The van der Waals surface area contributed by atoms with Crippen molar-refractivity contribution >= 4 is 17.7 Å². The summed E-state index contributed by atoms with van der Waals surface area (Å²) in [7, 11) is 0. The third kappa shape index (κ3) is 4.19. The Morgan fingerprint density at radius 3 is 2.86 bits per heavy atom. The Labute approximate surface area is 89.9 Å². The van der Waals surface area contributed by atoms with Gasteiger partial charge in [0.15, 0.2) is 5.96 Å². The Morgan fingerprint density at radius 1 is 1.50 bits per heavy atom. The highest BCUT2D eigenvalue weighted by molar-refractivity contribution is 7.99. The number of aliphatic imine (C=N–C) groups is 1. The van der Waals surface area contributed by atoms with Crippen molar-refractivity contribution in [1.82, 2.24) is 4.90 Å². The van der Waals surface area contributed by atoms with Crippen molar-refractivity contribution in [2.24, 2.45) is 10.7 Å². The van der Waals surface area contributed by atoms with Gasteiger partial charge in [-0.1, -0.05) is 0 Å². The molecule has 4 nitrogen and oxygen atoms in total. The Hall–Kier alpha value is -0.420. The van der Waals surface area contributed by atoms with Crippen LogP contribution < -0.4 is 5.73 Å². The SMILES string of the molecule is CCOCCN=C(N)N1CCSCC1. The van der Waals surface area contributed by atoms with Gasteiger partial charge in [-0.2, -0.15) is 11.8 Å². The third-order valence-corrected chi connectivity index (χ3v) is 2.99. The Kier molecular flexibility index (Phi) is 5.78. The zero-order valence-corrected chi connectivity index (χ0v) is 9.55. The standard InChI is InChI=1S/C9H19N3OS/c1-2-13-6-3-11-9(10)12-4-7-14-8-5-12/h2-8H2,1H3,(H2,10,11). The third-order valence-electron chi connectivity index (χ3n) is 2.05. The molecular weight excluding hydrogens is 198 g/mol. The molecule has 0 unspecified atom stereocenters. The molecule has 1 aliphatic rings. The second-order valence-electron chi connectivity index (χ2n) is 3.04. The molecule has 0 aromatic carbocycles. The lowest BCUT2D eigenvalue weighted by molar-refractivity contribution is 0.155. The second-order valence-corrected chi connectivity index (χ2v) is 4.26. The number of guanidine groups is 1. The maximum absolute atomic E-state index is 5.84. The minimum absolute atomic E-state index is 0.666. The first-order chi connectivity index (χ1) is 6.84. The monoisotopic (exact) mass is 217 g/mol. The summed E-state index contributed by atoms with van der Waals surface area (Å²) in [6.45, 7) is 6.11. The normalized spacial score (nSPS) is 18.6. The van der Waals surface area contributed by atoms with Crippen LogP contribution in [0.4, 0.5) is 0 Å². The average Bonchev–Trinajstić information content (AvgIpc) is 2.25. The van der Waals surface area contributed by atoms with E-state index in [2.05, 4.69) is 9.89 Å². The van der Waals surface area contributed by atoms with Crippen LogP contribution in [-0.2, 0) is 4.74 Å². The fraction of sp³-hybridized carbons (Fsp3) is 0.889. The van der Waals surface area contributed by atoms with Gasteiger partial charge >= 0.3 is 0 Å². The first-order valence-corrected chi connectivity index (χ1v) is 6.20. The zero-order valence-electron chi connectivity index (χ0n) is 8.74. The van der Waals surface area contributed by atoms with Crippen LogP contribution in [0.15, 0.2) is 4.99 Å². The zero-order chi connectivity index (χ0) is 10.2. The molecule has 1 saturated heterocycles. The second kappa shape index (κ2) is 6.95. The van der Waals surface area contributed by atoms with E-state index in [0.29, 0.717) is 19.1 Å². The van der Waals surface area contributed by atoms with Crippen molar-refractivity contribution in [2.75, 3.05) is 44.4 Å². The number of hydrogen-bond acceptors (Lipinski definition) is 3. The van der Waals surface area contributed by atoms with Crippen LogP contribution in [0.5, 0.6) is 0 Å². The summed E-state index contributed by atoms with van der Waals surface area (Å²) >= 11 is 1.97. The summed E-state index contributed by atoms with van der Waals surface area (Å²) in [5.41, 5.74) is 5.84. The van der Waals surface area contributed by atoms with Gasteiger partial charge in [-0.3, -0.25) is 4.99 Å². The highest BCUT2D eigenvalue weighted by atomic mass is 32.2. The summed E-state index contributed by atoms with van der Waals surface area (Å²) in [4.78, 5) is 6.41. The fourth-order valence-electron chi connectivity index (χ4n) is 1.26. The van der Waals surface area contributed by atoms with Gasteiger partial charge in [-0.05, 0) is 6.92 Å². The number of ether oxygens (including phenoxy) is 1. The van der Waals surface area contributed by atoms with E-state index in [1.807, 2.05) is 18.7 Å². The molecule has 0 aromatic rings. The number of hydrogen-bond donors (Lipinski definition) is 1. The molecule has 0 aliphatic carbocycles. The van der Waals surface area contributed by atoms with Gasteiger partial charge in [0.05, 0.1) is 13.2 Å².